The fourth-order valence-corrected chi connectivity index (χ4v) is 5.43. The van der Waals surface area contributed by atoms with Crippen molar-refractivity contribution >= 4 is 52.5 Å². The number of amides is 2. The van der Waals surface area contributed by atoms with E-state index in [1.54, 1.807) is 0 Å². The second kappa shape index (κ2) is 13.0. The van der Waals surface area contributed by atoms with Crippen molar-refractivity contribution in [1.82, 2.24) is 10.2 Å². The minimum absolute atomic E-state index is 0.0870. The third-order valence-electron chi connectivity index (χ3n) is 7.36. The predicted molar refractivity (Wildman–Crippen MR) is 156 cm³/mol. The van der Waals surface area contributed by atoms with Gasteiger partial charge >= 0.3 is 5.97 Å². The number of esters is 1. The first-order chi connectivity index (χ1) is 19.8. The maximum atomic E-state index is 13.2. The van der Waals surface area contributed by atoms with Gasteiger partial charge in [-0.25, -0.2) is 9.69 Å². The van der Waals surface area contributed by atoms with Crippen LogP contribution in [0.1, 0.15) is 45.5 Å². The lowest BCUT2D eigenvalue weighted by molar-refractivity contribution is -0.121. The Morgan fingerprint density at radius 3 is 2.24 bits per heavy atom. The summed E-state index contributed by atoms with van der Waals surface area (Å²) in [4.78, 5) is 54.3. The fourth-order valence-electron chi connectivity index (χ4n) is 5.13. The number of carbonyl (C=O) groups is 4. The van der Waals surface area contributed by atoms with Crippen LogP contribution in [0, 0.1) is 0 Å². The molecule has 41 heavy (non-hydrogen) atoms. The van der Waals surface area contributed by atoms with Gasteiger partial charge in [0.1, 0.15) is 0 Å². The SMILES string of the molecule is O=C(COC(=O)c1ccc(N2C(=O)CC(NC3CCN(Cc4ccccc4)CC3)C2=O)cc1)c1ccc(Cl)c(Cl)c1. The average molecular weight is 594 g/mol. The molecular weight excluding hydrogens is 565 g/mol. The highest BCUT2D eigenvalue weighted by Crippen LogP contribution is 2.26. The second-order valence-corrected chi connectivity index (χ2v) is 11.0. The Morgan fingerprint density at radius 1 is 0.878 bits per heavy atom. The fraction of sp³-hybridized carbons (Fsp3) is 0.290. The van der Waals surface area contributed by atoms with Gasteiger partial charge in [-0.05, 0) is 74.0 Å². The zero-order valence-corrected chi connectivity index (χ0v) is 23.7. The quantitative estimate of drug-likeness (QED) is 0.214. The van der Waals surface area contributed by atoms with E-state index in [2.05, 4.69) is 22.3 Å². The number of nitrogens with zero attached hydrogens (tertiary/aromatic N) is 2. The molecular formula is C31H29Cl2N3O5. The van der Waals surface area contributed by atoms with E-state index in [1.165, 1.54) is 48.0 Å². The Kier molecular flexibility index (Phi) is 9.15. The summed E-state index contributed by atoms with van der Waals surface area (Å²) in [7, 11) is 0. The molecule has 0 aliphatic carbocycles. The Bertz CT molecular complexity index is 1440. The zero-order valence-electron chi connectivity index (χ0n) is 22.2. The number of ether oxygens (including phenoxy) is 1. The minimum Gasteiger partial charge on any atom is -0.454 e. The molecule has 1 N–H and O–H groups in total. The van der Waals surface area contributed by atoms with E-state index >= 15 is 0 Å². The number of benzene rings is 3. The number of carbonyl (C=O) groups excluding carboxylic acids is 4. The zero-order chi connectivity index (χ0) is 28.9. The van der Waals surface area contributed by atoms with Crippen LogP contribution in [0.2, 0.25) is 10.0 Å². The van der Waals surface area contributed by atoms with Crippen LogP contribution in [0.4, 0.5) is 5.69 Å². The van der Waals surface area contributed by atoms with E-state index in [0.717, 1.165) is 37.4 Å². The number of hydrogen-bond acceptors (Lipinski definition) is 7. The lowest BCUT2D eigenvalue weighted by Gasteiger charge is -2.33. The average Bonchev–Trinajstić information content (AvgIpc) is 3.26. The molecule has 0 spiro atoms. The second-order valence-electron chi connectivity index (χ2n) is 10.2. The number of imide groups is 1. The highest BCUT2D eigenvalue weighted by molar-refractivity contribution is 6.42. The molecule has 3 aromatic carbocycles. The van der Waals surface area contributed by atoms with Crippen molar-refractivity contribution in [2.45, 2.75) is 37.9 Å². The smallest absolute Gasteiger partial charge is 0.338 e. The number of anilines is 1. The molecule has 5 rings (SSSR count). The molecule has 1 atom stereocenters. The highest BCUT2D eigenvalue weighted by Gasteiger charge is 2.40. The maximum absolute atomic E-state index is 13.2. The number of ketones is 1. The minimum atomic E-state index is -0.706. The normalized spacial score (nSPS) is 18.1. The Balaban J connectivity index is 1.12. The Labute approximate surface area is 248 Å². The molecule has 2 aliphatic heterocycles. The highest BCUT2D eigenvalue weighted by atomic mass is 35.5. The van der Waals surface area contributed by atoms with Gasteiger partial charge < -0.3 is 10.1 Å². The molecule has 10 heteroatoms. The molecule has 1 unspecified atom stereocenters. The van der Waals surface area contributed by atoms with Gasteiger partial charge in [-0.3, -0.25) is 19.3 Å². The van der Waals surface area contributed by atoms with Crippen LogP contribution in [0.3, 0.4) is 0 Å². The van der Waals surface area contributed by atoms with Crippen LogP contribution in [-0.2, 0) is 20.9 Å². The van der Waals surface area contributed by atoms with E-state index < -0.39 is 24.4 Å². The molecule has 8 nitrogen and oxygen atoms in total. The molecule has 0 bridgehead atoms. The number of likely N-dealkylation sites (tertiary alicyclic amines) is 1. The van der Waals surface area contributed by atoms with Gasteiger partial charge in [0, 0.05) is 18.2 Å². The summed E-state index contributed by atoms with van der Waals surface area (Å²) in [5.41, 5.74) is 2.12. The molecule has 2 aliphatic rings. The monoisotopic (exact) mass is 593 g/mol. The van der Waals surface area contributed by atoms with E-state index in [9.17, 15) is 19.2 Å². The summed E-state index contributed by atoms with van der Waals surface area (Å²) in [6.45, 7) is 2.27. The number of piperidine rings is 1. The van der Waals surface area contributed by atoms with Crippen molar-refractivity contribution in [3.63, 3.8) is 0 Å². The molecule has 212 valence electrons. The topological polar surface area (TPSA) is 96.0 Å². The molecule has 0 saturated carbocycles. The van der Waals surface area contributed by atoms with Crippen LogP contribution in [0.5, 0.6) is 0 Å². The lowest BCUT2D eigenvalue weighted by atomic mass is 10.0. The Morgan fingerprint density at radius 2 is 1.56 bits per heavy atom. The summed E-state index contributed by atoms with van der Waals surface area (Å²) in [5, 5.41) is 3.94. The molecule has 0 aromatic heterocycles. The third kappa shape index (κ3) is 7.02. The molecule has 2 saturated heterocycles. The van der Waals surface area contributed by atoms with Crippen molar-refractivity contribution in [3.05, 3.63) is 99.5 Å². The van der Waals surface area contributed by atoms with Crippen molar-refractivity contribution < 1.29 is 23.9 Å². The lowest BCUT2D eigenvalue weighted by Crippen LogP contribution is -2.48. The summed E-state index contributed by atoms with van der Waals surface area (Å²) >= 11 is 11.8. The van der Waals surface area contributed by atoms with E-state index in [-0.39, 0.29) is 40.4 Å². The maximum Gasteiger partial charge on any atom is 0.338 e. The van der Waals surface area contributed by atoms with Gasteiger partial charge in [-0.2, -0.15) is 0 Å². The largest absolute Gasteiger partial charge is 0.454 e. The standard InChI is InChI=1S/C31H29Cl2N3O5/c32-25-11-8-22(16-26(25)33)28(37)19-41-31(40)21-6-9-24(10-7-21)36-29(38)17-27(30(36)39)34-23-12-14-35(15-13-23)18-20-4-2-1-3-5-20/h1-11,16,23,27,34H,12-15,17-19H2. The van der Waals surface area contributed by atoms with E-state index in [1.807, 2.05) is 18.2 Å². The summed E-state index contributed by atoms with van der Waals surface area (Å²) < 4.78 is 5.14. The number of halogens is 2. The first kappa shape index (κ1) is 29.0. The van der Waals surface area contributed by atoms with Crippen LogP contribution in [0.25, 0.3) is 0 Å². The van der Waals surface area contributed by atoms with Crippen LogP contribution in [-0.4, -0.2) is 60.2 Å². The van der Waals surface area contributed by atoms with Gasteiger partial charge in [-0.1, -0.05) is 53.5 Å². The number of rotatable bonds is 9. The molecule has 2 amide bonds. The van der Waals surface area contributed by atoms with Crippen molar-refractivity contribution in [2.75, 3.05) is 24.6 Å². The first-order valence-corrected chi connectivity index (χ1v) is 14.2. The van der Waals surface area contributed by atoms with Crippen LogP contribution >= 0.6 is 23.2 Å². The van der Waals surface area contributed by atoms with E-state index in [4.69, 9.17) is 27.9 Å². The van der Waals surface area contributed by atoms with Gasteiger partial charge in [0.25, 0.3) is 5.91 Å². The molecule has 3 aromatic rings. The van der Waals surface area contributed by atoms with Crippen LogP contribution in [0.15, 0.2) is 72.8 Å². The number of hydrogen-bond donors (Lipinski definition) is 1. The van der Waals surface area contributed by atoms with Crippen LogP contribution < -0.4 is 10.2 Å². The molecule has 2 fully saturated rings. The summed E-state index contributed by atoms with van der Waals surface area (Å²) in [6, 6.07) is 20.3. The van der Waals surface area contributed by atoms with Crippen molar-refractivity contribution in [2.24, 2.45) is 0 Å². The van der Waals surface area contributed by atoms with Gasteiger partial charge in [0.15, 0.2) is 12.4 Å². The molecule has 2 heterocycles. The number of Topliss-reactive ketones (excluding diaryl/α,β-unsaturated/α-hetero) is 1. The third-order valence-corrected chi connectivity index (χ3v) is 8.10. The Hall–Kier alpha value is -3.56. The van der Waals surface area contributed by atoms with E-state index in [0.29, 0.717) is 10.7 Å². The van der Waals surface area contributed by atoms with Gasteiger partial charge in [-0.15, -0.1) is 0 Å². The van der Waals surface area contributed by atoms with Crippen molar-refractivity contribution in [3.8, 4) is 0 Å². The number of nitrogens with one attached hydrogen (secondary N) is 1. The predicted octanol–water partition coefficient (Wildman–Crippen LogP) is 4.92. The van der Waals surface area contributed by atoms with Gasteiger partial charge in [0.2, 0.25) is 5.91 Å². The van der Waals surface area contributed by atoms with Crippen molar-refractivity contribution in [1.29, 1.82) is 0 Å². The first-order valence-electron chi connectivity index (χ1n) is 13.4. The molecule has 0 radical (unpaired) electrons. The summed E-state index contributed by atoms with van der Waals surface area (Å²) in [5.74, 6) is -1.73. The van der Waals surface area contributed by atoms with Gasteiger partial charge in [0.05, 0.1) is 33.8 Å². The summed E-state index contributed by atoms with van der Waals surface area (Å²) in [6.07, 6.45) is 1.88.